The molecule has 34 heavy (non-hydrogen) atoms. The van der Waals surface area contributed by atoms with Crippen molar-refractivity contribution >= 4 is 15.7 Å². The second-order valence-corrected chi connectivity index (χ2v) is 11.3. The number of benzene rings is 1. The third-order valence-corrected chi connectivity index (χ3v) is 7.90. The zero-order chi connectivity index (χ0) is 24.6. The van der Waals surface area contributed by atoms with E-state index in [-0.39, 0.29) is 10.6 Å². The van der Waals surface area contributed by atoms with E-state index in [2.05, 4.69) is 4.90 Å². The summed E-state index contributed by atoms with van der Waals surface area (Å²) >= 11 is 0. The van der Waals surface area contributed by atoms with E-state index in [1.807, 2.05) is 0 Å². The van der Waals surface area contributed by atoms with E-state index < -0.39 is 26.3 Å². The maximum atomic E-state index is 14.9. The first kappa shape index (κ1) is 26.8. The third-order valence-electron chi connectivity index (χ3n) is 6.99. The van der Waals surface area contributed by atoms with Crippen molar-refractivity contribution in [1.29, 1.82) is 0 Å². The predicted octanol–water partition coefficient (Wildman–Crippen LogP) is 5.10. The number of alkyl halides is 1. The van der Waals surface area contributed by atoms with Crippen LogP contribution in [0.25, 0.3) is 0 Å². The van der Waals surface area contributed by atoms with Crippen molar-refractivity contribution in [2.24, 2.45) is 5.14 Å². The van der Waals surface area contributed by atoms with Gasteiger partial charge in [-0.15, -0.1) is 0 Å². The number of nitro groups is 1. The van der Waals surface area contributed by atoms with Crippen molar-refractivity contribution in [3.05, 3.63) is 28.3 Å². The topological polar surface area (TPSA) is 116 Å². The zero-order valence-corrected chi connectivity index (χ0v) is 20.7. The van der Waals surface area contributed by atoms with Crippen LogP contribution in [-0.4, -0.2) is 49.6 Å². The van der Waals surface area contributed by atoms with Gasteiger partial charge in [0.05, 0.1) is 16.4 Å². The summed E-state index contributed by atoms with van der Waals surface area (Å²) in [5.74, 6) is 0.0428. The molecule has 2 aliphatic rings. The number of sulfonamides is 1. The second kappa shape index (κ2) is 12.3. The van der Waals surface area contributed by atoms with Crippen molar-refractivity contribution in [3.63, 3.8) is 0 Å². The molecule has 3 rings (SSSR count). The molecule has 0 spiro atoms. The van der Waals surface area contributed by atoms with Gasteiger partial charge in [0.2, 0.25) is 10.0 Å². The number of nitrogens with zero attached hydrogens (tertiary/aromatic N) is 2. The van der Waals surface area contributed by atoms with Gasteiger partial charge in [0.1, 0.15) is 5.67 Å². The highest BCUT2D eigenvalue weighted by molar-refractivity contribution is 7.89. The van der Waals surface area contributed by atoms with Gasteiger partial charge in [0.25, 0.3) is 0 Å². The fraction of sp³-hybridized carbons (Fsp3) is 0.750. The highest BCUT2D eigenvalue weighted by Crippen LogP contribution is 2.36. The maximum Gasteiger partial charge on any atom is 0.312 e. The van der Waals surface area contributed by atoms with Crippen molar-refractivity contribution in [1.82, 2.24) is 4.90 Å². The van der Waals surface area contributed by atoms with Crippen LogP contribution in [0.15, 0.2) is 23.1 Å². The predicted molar refractivity (Wildman–Crippen MR) is 129 cm³/mol. The van der Waals surface area contributed by atoms with Crippen molar-refractivity contribution in [3.8, 4) is 5.75 Å². The summed E-state index contributed by atoms with van der Waals surface area (Å²) in [7, 11) is -4.01. The average Bonchev–Trinajstić information content (AvgIpc) is 3.62. The molecule has 0 amide bonds. The van der Waals surface area contributed by atoms with E-state index >= 15 is 0 Å². The van der Waals surface area contributed by atoms with Crippen LogP contribution in [-0.2, 0) is 10.0 Å². The summed E-state index contributed by atoms with van der Waals surface area (Å²) in [5.41, 5.74) is -1.35. The smallest absolute Gasteiger partial charge is 0.312 e. The molecule has 2 N–H and O–H groups in total. The molecule has 0 unspecified atom stereocenters. The number of hydrogen-bond acceptors (Lipinski definition) is 6. The molecule has 0 atom stereocenters. The molecule has 192 valence electrons. The van der Waals surface area contributed by atoms with Crippen LogP contribution in [0.1, 0.15) is 83.5 Å². The Bertz CT molecular complexity index is 915. The van der Waals surface area contributed by atoms with E-state index in [9.17, 15) is 22.9 Å². The summed E-state index contributed by atoms with van der Waals surface area (Å²) in [6.45, 7) is 2.19. The molecular weight excluding hydrogens is 461 g/mol. The maximum absolute atomic E-state index is 14.9. The number of hydrogen-bond donors (Lipinski definition) is 1. The Kier molecular flexibility index (Phi) is 9.67. The Morgan fingerprint density at radius 1 is 1.06 bits per heavy atom. The largest absolute Gasteiger partial charge is 0.487 e. The molecule has 1 saturated carbocycles. The van der Waals surface area contributed by atoms with Gasteiger partial charge in [-0.1, -0.05) is 44.9 Å². The van der Waals surface area contributed by atoms with Crippen molar-refractivity contribution in [2.45, 2.75) is 100 Å². The molecule has 0 radical (unpaired) electrons. The summed E-state index contributed by atoms with van der Waals surface area (Å²) in [4.78, 5) is 12.7. The molecule has 1 saturated heterocycles. The van der Waals surface area contributed by atoms with Gasteiger partial charge in [-0.25, -0.2) is 17.9 Å². The lowest BCUT2D eigenvalue weighted by Gasteiger charge is -2.36. The quantitative estimate of drug-likeness (QED) is 0.204. The molecular formula is C24H38FN3O5S. The second-order valence-electron chi connectivity index (χ2n) is 9.78. The van der Waals surface area contributed by atoms with Crippen LogP contribution in [0.4, 0.5) is 10.1 Å². The number of halogens is 1. The monoisotopic (exact) mass is 499 g/mol. The lowest BCUT2D eigenvalue weighted by Crippen LogP contribution is -2.42. The lowest BCUT2D eigenvalue weighted by atomic mass is 9.87. The summed E-state index contributed by atoms with van der Waals surface area (Å²) in [6, 6.07) is 4.15. The Balaban J connectivity index is 1.20. The molecule has 0 aromatic heterocycles. The fourth-order valence-corrected chi connectivity index (χ4v) is 5.24. The molecule has 2 fully saturated rings. The van der Waals surface area contributed by atoms with Gasteiger partial charge in [0.15, 0.2) is 5.75 Å². The molecule has 8 nitrogen and oxygen atoms in total. The fourth-order valence-electron chi connectivity index (χ4n) is 4.71. The van der Waals surface area contributed by atoms with Crippen LogP contribution in [0.3, 0.4) is 0 Å². The van der Waals surface area contributed by atoms with Gasteiger partial charge in [-0.05, 0) is 50.7 Å². The first-order valence-electron chi connectivity index (χ1n) is 12.5. The minimum absolute atomic E-state index is 0.0428. The van der Waals surface area contributed by atoms with Crippen LogP contribution in [0, 0.1) is 10.1 Å². The first-order chi connectivity index (χ1) is 16.2. The number of primary sulfonamides is 1. The SMILES string of the molecule is NS(=O)(=O)c1ccc(OCCCCCCCCCCC2(F)CCN(C3CC3)CC2)c([N+](=O)[O-])c1. The molecule has 1 aromatic carbocycles. The summed E-state index contributed by atoms with van der Waals surface area (Å²) in [5, 5.41) is 16.2. The van der Waals surface area contributed by atoms with Gasteiger partial charge in [-0.2, -0.15) is 0 Å². The number of likely N-dealkylation sites (tertiary alicyclic amines) is 1. The molecule has 1 heterocycles. The van der Waals surface area contributed by atoms with Gasteiger partial charge < -0.3 is 9.64 Å². The number of piperidine rings is 1. The number of nitro benzene ring substituents is 1. The number of ether oxygens (including phenoxy) is 1. The minimum Gasteiger partial charge on any atom is -0.487 e. The zero-order valence-electron chi connectivity index (χ0n) is 19.9. The summed E-state index contributed by atoms with van der Waals surface area (Å²) < 4.78 is 43.2. The molecule has 10 heteroatoms. The highest BCUT2D eigenvalue weighted by atomic mass is 32.2. The standard InChI is InChI=1S/C24H38FN3O5S/c25-24(14-16-27(17-15-24)20-9-10-20)13-7-5-3-1-2-4-6-8-18-33-23-12-11-21(34(26,31)32)19-22(23)28(29)30/h11-12,19-20H,1-10,13-18H2,(H2,26,31,32). The number of nitrogens with two attached hydrogens (primary N) is 1. The van der Waals surface area contributed by atoms with Crippen LogP contribution in [0.5, 0.6) is 5.75 Å². The highest BCUT2D eigenvalue weighted by Gasteiger charge is 2.38. The van der Waals surface area contributed by atoms with Crippen LogP contribution in [0.2, 0.25) is 0 Å². The van der Waals surface area contributed by atoms with E-state index in [1.165, 1.54) is 25.0 Å². The normalized spacial score (nSPS) is 18.6. The van der Waals surface area contributed by atoms with E-state index in [1.54, 1.807) is 0 Å². The van der Waals surface area contributed by atoms with Crippen molar-refractivity contribution < 1.29 is 22.5 Å². The minimum atomic E-state index is -4.01. The Morgan fingerprint density at radius 3 is 2.21 bits per heavy atom. The third kappa shape index (κ3) is 8.46. The lowest BCUT2D eigenvalue weighted by molar-refractivity contribution is -0.386. The van der Waals surface area contributed by atoms with E-state index in [4.69, 9.17) is 9.88 Å². The van der Waals surface area contributed by atoms with Gasteiger partial charge in [0, 0.05) is 25.2 Å². The van der Waals surface area contributed by atoms with Crippen LogP contribution >= 0.6 is 0 Å². The number of unbranched alkanes of at least 4 members (excludes halogenated alkanes) is 7. The number of rotatable bonds is 15. The van der Waals surface area contributed by atoms with E-state index in [0.717, 1.165) is 76.6 Å². The average molecular weight is 500 g/mol. The Hall–Kier alpha value is -1.78. The molecule has 0 bridgehead atoms. The molecule has 1 aliphatic carbocycles. The molecule has 1 aliphatic heterocycles. The van der Waals surface area contributed by atoms with Gasteiger partial charge in [-0.3, -0.25) is 10.1 Å². The Morgan fingerprint density at radius 2 is 1.65 bits per heavy atom. The van der Waals surface area contributed by atoms with Crippen LogP contribution < -0.4 is 9.88 Å². The van der Waals surface area contributed by atoms with Gasteiger partial charge >= 0.3 is 5.69 Å². The first-order valence-corrected chi connectivity index (χ1v) is 14.1. The van der Waals surface area contributed by atoms with E-state index in [0.29, 0.717) is 25.9 Å². The van der Waals surface area contributed by atoms with Crippen molar-refractivity contribution in [2.75, 3.05) is 19.7 Å². The summed E-state index contributed by atoms with van der Waals surface area (Å²) in [6.07, 6.45) is 12.9. The Labute approximate surface area is 202 Å². The molecule has 1 aromatic rings.